The predicted octanol–water partition coefficient (Wildman–Crippen LogP) is -1.91. The maximum absolute atomic E-state index is 11.2. The molecule has 1 amide bonds. The summed E-state index contributed by atoms with van der Waals surface area (Å²) in [6, 6.07) is -1.34. The monoisotopic (exact) mass is 223 g/mol. The second-order valence-electron chi connectivity index (χ2n) is 2.64. The molecule has 0 spiro atoms. The summed E-state index contributed by atoms with van der Waals surface area (Å²) >= 11 is 3.81. The molecule has 0 radical (unpaired) electrons. The summed E-state index contributed by atoms with van der Waals surface area (Å²) < 4.78 is 0. The molecule has 0 aliphatic carbocycles. The summed E-state index contributed by atoms with van der Waals surface area (Å²) in [5.41, 5.74) is 0. The standard InChI is InChI=1S/C7H13NO5S/c9-1-4(3-14)6(11)8-5(2-10)7(12)13/h4-5,9-10,14H,1-3H2,(H,8,11)(H,12,13)/t4?,5-/m0/s1. The van der Waals surface area contributed by atoms with Crippen molar-refractivity contribution in [3.8, 4) is 0 Å². The third-order valence-electron chi connectivity index (χ3n) is 1.61. The van der Waals surface area contributed by atoms with Gasteiger partial charge in [-0.25, -0.2) is 4.79 Å². The minimum Gasteiger partial charge on any atom is -0.480 e. The van der Waals surface area contributed by atoms with Gasteiger partial charge in [0.15, 0.2) is 0 Å². The summed E-state index contributed by atoms with van der Waals surface area (Å²) in [5.74, 6) is -2.60. The molecule has 4 N–H and O–H groups in total. The van der Waals surface area contributed by atoms with Gasteiger partial charge >= 0.3 is 5.97 Å². The van der Waals surface area contributed by atoms with E-state index >= 15 is 0 Å². The molecule has 0 bridgehead atoms. The highest BCUT2D eigenvalue weighted by atomic mass is 32.1. The fraction of sp³-hybridized carbons (Fsp3) is 0.714. The number of carboxylic acids is 1. The smallest absolute Gasteiger partial charge is 0.328 e. The fourth-order valence-electron chi connectivity index (χ4n) is 0.699. The first kappa shape index (κ1) is 13.2. The highest BCUT2D eigenvalue weighted by Crippen LogP contribution is 1.98. The normalized spacial score (nSPS) is 14.5. The molecule has 7 heteroatoms. The fourth-order valence-corrected chi connectivity index (χ4v) is 0.980. The average Bonchev–Trinajstić information content (AvgIpc) is 2.15. The van der Waals surface area contributed by atoms with Crippen LogP contribution >= 0.6 is 12.6 Å². The topological polar surface area (TPSA) is 107 Å². The van der Waals surface area contributed by atoms with Gasteiger partial charge in [-0.3, -0.25) is 4.79 Å². The lowest BCUT2D eigenvalue weighted by Gasteiger charge is -2.15. The molecule has 0 saturated heterocycles. The first-order valence-corrected chi connectivity index (χ1v) is 4.55. The van der Waals surface area contributed by atoms with Crippen LogP contribution in [0.2, 0.25) is 0 Å². The average molecular weight is 223 g/mol. The molecule has 0 rings (SSSR count). The highest BCUT2D eigenvalue weighted by Gasteiger charge is 2.23. The lowest BCUT2D eigenvalue weighted by Crippen LogP contribution is -2.46. The van der Waals surface area contributed by atoms with Gasteiger partial charge in [-0.15, -0.1) is 0 Å². The Morgan fingerprint density at radius 1 is 1.29 bits per heavy atom. The number of rotatable bonds is 6. The largest absolute Gasteiger partial charge is 0.480 e. The van der Waals surface area contributed by atoms with E-state index in [0.717, 1.165) is 0 Å². The molecular formula is C7H13NO5S. The van der Waals surface area contributed by atoms with Crippen LogP contribution < -0.4 is 5.32 Å². The number of amides is 1. The molecule has 0 aromatic heterocycles. The minimum absolute atomic E-state index is 0.111. The Kier molecular flexibility index (Phi) is 6.26. The maximum Gasteiger partial charge on any atom is 0.328 e. The van der Waals surface area contributed by atoms with Gasteiger partial charge in [-0.2, -0.15) is 12.6 Å². The van der Waals surface area contributed by atoms with Crippen molar-refractivity contribution < 1.29 is 24.9 Å². The Bertz CT molecular complexity index is 206. The molecule has 2 atom stereocenters. The Labute approximate surface area is 86.3 Å². The van der Waals surface area contributed by atoms with Crippen LogP contribution in [0.4, 0.5) is 0 Å². The Morgan fingerprint density at radius 3 is 2.14 bits per heavy atom. The van der Waals surface area contributed by atoms with Gasteiger partial charge < -0.3 is 20.6 Å². The van der Waals surface area contributed by atoms with Gasteiger partial charge in [0.05, 0.1) is 19.1 Å². The molecular weight excluding hydrogens is 210 g/mol. The number of carboxylic acid groups (broad SMARTS) is 1. The molecule has 0 aliphatic rings. The molecule has 6 nitrogen and oxygen atoms in total. The van der Waals surface area contributed by atoms with Crippen molar-refractivity contribution in [2.24, 2.45) is 5.92 Å². The first-order chi connectivity index (χ1) is 6.56. The van der Waals surface area contributed by atoms with E-state index < -0.39 is 37.0 Å². The molecule has 0 aliphatic heterocycles. The minimum atomic E-state index is -1.34. The van der Waals surface area contributed by atoms with Crippen molar-refractivity contribution in [3.63, 3.8) is 0 Å². The van der Waals surface area contributed by atoms with Gasteiger partial charge in [0, 0.05) is 5.75 Å². The van der Waals surface area contributed by atoms with E-state index in [0.29, 0.717) is 0 Å². The molecule has 0 heterocycles. The van der Waals surface area contributed by atoms with Crippen LogP contribution in [0.1, 0.15) is 0 Å². The maximum atomic E-state index is 11.2. The van der Waals surface area contributed by atoms with Gasteiger partial charge in [-0.05, 0) is 0 Å². The van der Waals surface area contributed by atoms with Gasteiger partial charge in [-0.1, -0.05) is 0 Å². The quantitative estimate of drug-likeness (QED) is 0.338. The van der Waals surface area contributed by atoms with Crippen LogP contribution in [0.3, 0.4) is 0 Å². The first-order valence-electron chi connectivity index (χ1n) is 3.92. The van der Waals surface area contributed by atoms with E-state index in [1.807, 2.05) is 0 Å². The Hall–Kier alpha value is -0.790. The third kappa shape index (κ3) is 3.95. The number of hydrogen-bond donors (Lipinski definition) is 5. The number of aliphatic carboxylic acids is 1. The Balaban J connectivity index is 4.20. The number of carbonyl (C=O) groups excluding carboxylic acids is 1. The van der Waals surface area contributed by atoms with Crippen LogP contribution in [0.5, 0.6) is 0 Å². The van der Waals surface area contributed by atoms with Crippen molar-refractivity contribution in [3.05, 3.63) is 0 Å². The van der Waals surface area contributed by atoms with E-state index in [1.54, 1.807) is 0 Å². The zero-order chi connectivity index (χ0) is 11.1. The summed E-state index contributed by atoms with van der Waals surface area (Å²) in [6.07, 6.45) is 0. The van der Waals surface area contributed by atoms with Crippen molar-refractivity contribution in [1.29, 1.82) is 0 Å². The van der Waals surface area contributed by atoms with Crippen LogP contribution in [-0.4, -0.2) is 52.2 Å². The summed E-state index contributed by atoms with van der Waals surface area (Å²) in [6.45, 7) is -1.10. The van der Waals surface area contributed by atoms with E-state index in [-0.39, 0.29) is 5.75 Å². The zero-order valence-electron chi connectivity index (χ0n) is 7.38. The SMILES string of the molecule is O=C(N[C@@H](CO)C(=O)O)C(CO)CS. The van der Waals surface area contributed by atoms with Gasteiger partial charge in [0.1, 0.15) is 6.04 Å². The molecule has 14 heavy (non-hydrogen) atoms. The number of nitrogens with one attached hydrogen (secondary N) is 1. The molecule has 1 unspecified atom stereocenters. The van der Waals surface area contributed by atoms with E-state index in [4.69, 9.17) is 15.3 Å². The number of hydrogen-bond acceptors (Lipinski definition) is 5. The van der Waals surface area contributed by atoms with Crippen molar-refractivity contribution in [1.82, 2.24) is 5.32 Å². The van der Waals surface area contributed by atoms with E-state index in [1.165, 1.54) is 0 Å². The van der Waals surface area contributed by atoms with Gasteiger partial charge in [0.2, 0.25) is 5.91 Å². The summed E-state index contributed by atoms with van der Waals surface area (Å²) in [5, 5.41) is 27.9. The van der Waals surface area contributed by atoms with Crippen molar-refractivity contribution in [2.75, 3.05) is 19.0 Å². The molecule has 0 fully saturated rings. The van der Waals surface area contributed by atoms with Crippen molar-refractivity contribution >= 4 is 24.5 Å². The third-order valence-corrected chi connectivity index (χ3v) is 2.05. The second-order valence-corrected chi connectivity index (χ2v) is 3.01. The van der Waals surface area contributed by atoms with Gasteiger partial charge in [0.25, 0.3) is 0 Å². The Morgan fingerprint density at radius 2 is 1.86 bits per heavy atom. The summed E-state index contributed by atoms with van der Waals surface area (Å²) in [4.78, 5) is 21.6. The van der Waals surface area contributed by atoms with E-state index in [9.17, 15) is 9.59 Å². The van der Waals surface area contributed by atoms with Crippen LogP contribution in [0.25, 0.3) is 0 Å². The lowest BCUT2D eigenvalue weighted by atomic mass is 10.1. The molecule has 0 saturated carbocycles. The van der Waals surface area contributed by atoms with E-state index in [2.05, 4.69) is 17.9 Å². The summed E-state index contributed by atoms with van der Waals surface area (Å²) in [7, 11) is 0. The molecule has 0 aromatic rings. The molecule has 82 valence electrons. The van der Waals surface area contributed by atoms with Crippen LogP contribution in [0, 0.1) is 5.92 Å². The predicted molar refractivity (Wildman–Crippen MR) is 51.1 cm³/mol. The van der Waals surface area contributed by atoms with Crippen molar-refractivity contribution in [2.45, 2.75) is 6.04 Å². The number of aliphatic hydroxyl groups is 2. The number of aliphatic hydroxyl groups excluding tert-OH is 2. The van der Waals surface area contributed by atoms with Crippen LogP contribution in [0.15, 0.2) is 0 Å². The number of carbonyl (C=O) groups is 2. The molecule has 0 aromatic carbocycles. The lowest BCUT2D eigenvalue weighted by molar-refractivity contribution is -0.143. The van der Waals surface area contributed by atoms with Crippen LogP contribution in [-0.2, 0) is 9.59 Å². The second kappa shape index (κ2) is 6.63. The number of thiol groups is 1. The zero-order valence-corrected chi connectivity index (χ0v) is 8.28. The highest BCUT2D eigenvalue weighted by molar-refractivity contribution is 7.80.